The van der Waals surface area contributed by atoms with Crippen LogP contribution in [0.25, 0.3) is 0 Å². The maximum atomic E-state index is 12.3. The molecule has 0 aliphatic carbocycles. The van der Waals surface area contributed by atoms with Crippen molar-refractivity contribution in [1.82, 2.24) is 14.0 Å². The molecule has 1 aliphatic heterocycles. The predicted octanol–water partition coefficient (Wildman–Crippen LogP) is 1.21. The molecule has 0 atom stereocenters. The first-order chi connectivity index (χ1) is 9.90. The molecule has 0 radical (unpaired) electrons. The fraction of sp³-hybridized carbons (Fsp3) is 0.643. The highest BCUT2D eigenvalue weighted by molar-refractivity contribution is 7.87. The average molecular weight is 312 g/mol. The van der Waals surface area contributed by atoms with Crippen LogP contribution in [-0.2, 0) is 16.8 Å². The van der Waals surface area contributed by atoms with Gasteiger partial charge in [0.15, 0.2) is 0 Å². The summed E-state index contributed by atoms with van der Waals surface area (Å²) in [4.78, 5) is 6.16. The number of piperidine rings is 1. The Bertz CT molecular complexity index is 566. The lowest BCUT2D eigenvalue weighted by Crippen LogP contribution is -2.44. The summed E-state index contributed by atoms with van der Waals surface area (Å²) in [5, 5.41) is 0. The van der Waals surface area contributed by atoms with Gasteiger partial charge in [0, 0.05) is 45.5 Å². The Kier molecular flexibility index (Phi) is 5.18. The lowest BCUT2D eigenvalue weighted by Gasteiger charge is -2.29. The summed E-state index contributed by atoms with van der Waals surface area (Å²) in [6, 6.07) is 3.71. The number of hydrogen-bond donors (Lipinski definition) is 1. The number of pyridine rings is 1. The normalized spacial score (nSPS) is 17.9. The molecule has 0 amide bonds. The summed E-state index contributed by atoms with van der Waals surface area (Å²) in [5.41, 5.74) is 0.872. The van der Waals surface area contributed by atoms with Gasteiger partial charge in [0.05, 0.1) is 0 Å². The van der Waals surface area contributed by atoms with Gasteiger partial charge in [-0.05, 0) is 24.8 Å². The van der Waals surface area contributed by atoms with Crippen molar-refractivity contribution < 1.29 is 8.42 Å². The number of aromatic nitrogens is 1. The maximum Gasteiger partial charge on any atom is 0.279 e. The zero-order valence-electron chi connectivity index (χ0n) is 12.9. The second-order valence-electron chi connectivity index (χ2n) is 5.79. The number of nitrogens with one attached hydrogen (secondary N) is 1. The molecule has 6 nitrogen and oxygen atoms in total. The van der Waals surface area contributed by atoms with Crippen LogP contribution in [0.5, 0.6) is 0 Å². The van der Waals surface area contributed by atoms with E-state index in [-0.39, 0.29) is 6.54 Å². The van der Waals surface area contributed by atoms with Gasteiger partial charge in [0.25, 0.3) is 10.2 Å². The van der Waals surface area contributed by atoms with Crippen molar-refractivity contribution in [3.8, 4) is 0 Å². The Morgan fingerprint density at radius 2 is 2.05 bits per heavy atom. The number of nitrogens with zero attached hydrogens (tertiary/aromatic N) is 3. The van der Waals surface area contributed by atoms with Crippen molar-refractivity contribution in [2.45, 2.75) is 26.3 Å². The largest absolute Gasteiger partial charge is 0.362 e. The van der Waals surface area contributed by atoms with Gasteiger partial charge in [-0.3, -0.25) is 0 Å². The van der Waals surface area contributed by atoms with Crippen molar-refractivity contribution in [1.29, 1.82) is 0 Å². The molecular formula is C14H24N4O2S. The van der Waals surface area contributed by atoms with Crippen LogP contribution in [0.2, 0.25) is 0 Å². The van der Waals surface area contributed by atoms with Crippen LogP contribution in [0.1, 0.15) is 25.3 Å². The molecule has 1 saturated heterocycles. The summed E-state index contributed by atoms with van der Waals surface area (Å²) in [6.45, 7) is 3.63. The van der Waals surface area contributed by atoms with Crippen molar-refractivity contribution in [2.75, 3.05) is 32.1 Å². The van der Waals surface area contributed by atoms with Gasteiger partial charge in [-0.1, -0.05) is 13.0 Å². The van der Waals surface area contributed by atoms with Gasteiger partial charge in [-0.2, -0.15) is 17.4 Å². The van der Waals surface area contributed by atoms with Crippen LogP contribution < -0.4 is 9.62 Å². The summed E-state index contributed by atoms with van der Waals surface area (Å²) < 4.78 is 28.9. The van der Waals surface area contributed by atoms with Crippen LogP contribution in [0.4, 0.5) is 5.82 Å². The molecule has 0 aromatic carbocycles. The monoisotopic (exact) mass is 312 g/mol. The van der Waals surface area contributed by atoms with Crippen molar-refractivity contribution >= 4 is 16.0 Å². The molecule has 0 saturated carbocycles. The SMILES string of the molecule is CC1CCN(S(=O)(=O)NCc2cccnc2N(C)C)CC1. The Morgan fingerprint density at radius 1 is 1.38 bits per heavy atom. The fourth-order valence-corrected chi connectivity index (χ4v) is 3.67. The van der Waals surface area contributed by atoms with Crippen LogP contribution in [0, 0.1) is 5.92 Å². The molecule has 118 valence electrons. The summed E-state index contributed by atoms with van der Waals surface area (Å²) >= 11 is 0. The van der Waals surface area contributed by atoms with Gasteiger partial charge in [-0.25, -0.2) is 4.98 Å². The van der Waals surface area contributed by atoms with E-state index in [0.29, 0.717) is 19.0 Å². The smallest absolute Gasteiger partial charge is 0.279 e. The second-order valence-corrected chi connectivity index (χ2v) is 7.54. The summed E-state index contributed by atoms with van der Waals surface area (Å²) in [7, 11) is 0.380. The lowest BCUT2D eigenvalue weighted by atomic mass is 10.0. The molecule has 7 heteroatoms. The van der Waals surface area contributed by atoms with Crippen molar-refractivity contribution in [2.24, 2.45) is 5.92 Å². The molecular weight excluding hydrogens is 288 g/mol. The summed E-state index contributed by atoms with van der Waals surface area (Å²) in [6.07, 6.45) is 3.56. The van der Waals surface area contributed by atoms with E-state index in [1.165, 1.54) is 0 Å². The zero-order valence-corrected chi connectivity index (χ0v) is 13.7. The first kappa shape index (κ1) is 16.2. The van der Waals surface area contributed by atoms with E-state index in [1.807, 2.05) is 31.1 Å². The molecule has 2 heterocycles. The van der Waals surface area contributed by atoms with E-state index in [1.54, 1.807) is 10.5 Å². The third-order valence-electron chi connectivity index (χ3n) is 3.82. The quantitative estimate of drug-likeness (QED) is 0.887. The van der Waals surface area contributed by atoms with Gasteiger partial charge in [-0.15, -0.1) is 0 Å². The lowest BCUT2D eigenvalue weighted by molar-refractivity contribution is 0.285. The Morgan fingerprint density at radius 3 is 2.67 bits per heavy atom. The van der Waals surface area contributed by atoms with E-state index >= 15 is 0 Å². The highest BCUT2D eigenvalue weighted by Crippen LogP contribution is 2.19. The van der Waals surface area contributed by atoms with Crippen molar-refractivity contribution in [3.05, 3.63) is 23.9 Å². The molecule has 0 unspecified atom stereocenters. The molecule has 0 bridgehead atoms. The molecule has 1 aliphatic rings. The Balaban J connectivity index is 2.02. The molecule has 1 N–H and O–H groups in total. The molecule has 1 aromatic heterocycles. The first-order valence-corrected chi connectivity index (χ1v) is 8.70. The minimum Gasteiger partial charge on any atom is -0.362 e. The van der Waals surface area contributed by atoms with Crippen LogP contribution in [0.15, 0.2) is 18.3 Å². The van der Waals surface area contributed by atoms with Gasteiger partial charge in [0.1, 0.15) is 5.82 Å². The van der Waals surface area contributed by atoms with Crippen LogP contribution in [0.3, 0.4) is 0 Å². The van der Waals surface area contributed by atoms with Crippen LogP contribution in [-0.4, -0.2) is 44.9 Å². The standard InChI is InChI=1S/C14H24N4O2S/c1-12-6-9-18(10-7-12)21(19,20)16-11-13-5-4-8-15-14(13)17(2)3/h4-5,8,12,16H,6-7,9-11H2,1-3H3. The minimum atomic E-state index is -3.41. The van der Waals surface area contributed by atoms with E-state index in [9.17, 15) is 8.42 Å². The highest BCUT2D eigenvalue weighted by Gasteiger charge is 2.26. The van der Waals surface area contributed by atoms with E-state index < -0.39 is 10.2 Å². The molecule has 1 fully saturated rings. The molecule has 0 spiro atoms. The maximum absolute atomic E-state index is 12.3. The van der Waals surface area contributed by atoms with Crippen molar-refractivity contribution in [3.63, 3.8) is 0 Å². The summed E-state index contributed by atoms with van der Waals surface area (Å²) in [5.74, 6) is 1.39. The average Bonchev–Trinajstić information content (AvgIpc) is 2.46. The molecule has 2 rings (SSSR count). The van der Waals surface area contributed by atoms with E-state index in [2.05, 4.69) is 16.6 Å². The van der Waals surface area contributed by atoms with E-state index in [0.717, 1.165) is 24.2 Å². The van der Waals surface area contributed by atoms with Gasteiger partial charge >= 0.3 is 0 Å². The third-order valence-corrected chi connectivity index (χ3v) is 5.37. The van der Waals surface area contributed by atoms with Gasteiger partial charge < -0.3 is 4.90 Å². The third kappa shape index (κ3) is 4.15. The molecule has 21 heavy (non-hydrogen) atoms. The highest BCUT2D eigenvalue weighted by atomic mass is 32.2. The molecule has 1 aromatic rings. The zero-order chi connectivity index (χ0) is 15.5. The minimum absolute atomic E-state index is 0.260. The topological polar surface area (TPSA) is 65.5 Å². The van der Waals surface area contributed by atoms with Crippen LogP contribution >= 0.6 is 0 Å². The number of anilines is 1. The first-order valence-electron chi connectivity index (χ1n) is 7.26. The number of hydrogen-bond acceptors (Lipinski definition) is 4. The Labute approximate surface area is 127 Å². The second kappa shape index (κ2) is 6.72. The number of rotatable bonds is 5. The van der Waals surface area contributed by atoms with E-state index in [4.69, 9.17) is 0 Å². The van der Waals surface area contributed by atoms with Gasteiger partial charge in [0.2, 0.25) is 0 Å². The Hall–Kier alpha value is -1.18. The predicted molar refractivity (Wildman–Crippen MR) is 84.3 cm³/mol. The fourth-order valence-electron chi connectivity index (χ4n) is 2.46.